The number of ether oxygens (including phenoxy) is 1. The number of methoxy groups -OCH3 is 1. The molecule has 1 unspecified atom stereocenters. The molecule has 0 radical (unpaired) electrons. The molecule has 32 heavy (non-hydrogen) atoms. The average Bonchev–Trinajstić information content (AvgIpc) is 3.29. The zero-order chi connectivity index (χ0) is 22.2. The highest BCUT2D eigenvalue weighted by Gasteiger charge is 2.30. The molecule has 8 nitrogen and oxygen atoms in total. The first kappa shape index (κ1) is 21.9. The van der Waals surface area contributed by atoms with Gasteiger partial charge in [-0.05, 0) is 21.6 Å². The highest BCUT2D eigenvalue weighted by molar-refractivity contribution is 5.68. The molecule has 1 aromatic heterocycles. The highest BCUT2D eigenvalue weighted by Crippen LogP contribution is 2.28. The van der Waals surface area contributed by atoms with Gasteiger partial charge in [0.05, 0.1) is 13.2 Å². The minimum atomic E-state index is -0.375. The Kier molecular flexibility index (Phi) is 7.37. The van der Waals surface area contributed by atoms with Gasteiger partial charge in [-0.15, -0.1) is 5.10 Å². The third-order valence-electron chi connectivity index (χ3n) is 5.67. The van der Waals surface area contributed by atoms with Crippen molar-refractivity contribution in [2.45, 2.75) is 12.6 Å². The number of hydrogen-bond donors (Lipinski definition) is 0. The number of nitrogens with zero attached hydrogens (tertiary/aromatic N) is 6. The van der Waals surface area contributed by atoms with Crippen molar-refractivity contribution in [2.75, 3.05) is 39.8 Å². The zero-order valence-corrected chi connectivity index (χ0v) is 18.2. The molecule has 1 aliphatic rings. The van der Waals surface area contributed by atoms with E-state index >= 15 is 0 Å². The van der Waals surface area contributed by atoms with E-state index in [9.17, 15) is 4.79 Å². The van der Waals surface area contributed by atoms with Crippen LogP contribution >= 0.6 is 0 Å². The number of esters is 1. The number of tetrazole rings is 1. The smallest absolute Gasteiger partial charge is 0.327 e. The van der Waals surface area contributed by atoms with Crippen molar-refractivity contribution in [3.8, 4) is 0 Å². The molecule has 2 heterocycles. The highest BCUT2D eigenvalue weighted by atomic mass is 16.5. The Morgan fingerprint density at radius 1 is 1.03 bits per heavy atom. The molecule has 2 aromatic carbocycles. The summed E-state index contributed by atoms with van der Waals surface area (Å²) in [6.45, 7) is 4.56. The van der Waals surface area contributed by atoms with Crippen LogP contribution in [-0.4, -0.2) is 75.8 Å². The number of rotatable bonds is 8. The number of benzene rings is 2. The second kappa shape index (κ2) is 10.8. The average molecular weight is 433 g/mol. The number of hydrogen-bond acceptors (Lipinski definition) is 7. The summed E-state index contributed by atoms with van der Waals surface area (Å²) in [5.74, 6) is 0.277. The second-order valence-electron chi connectivity index (χ2n) is 7.73. The van der Waals surface area contributed by atoms with Crippen molar-refractivity contribution in [3.05, 3.63) is 83.7 Å². The lowest BCUT2D eigenvalue weighted by molar-refractivity contribution is -0.141. The van der Waals surface area contributed by atoms with Crippen LogP contribution in [0.2, 0.25) is 0 Å². The monoisotopic (exact) mass is 432 g/mol. The van der Waals surface area contributed by atoms with Crippen LogP contribution in [0.25, 0.3) is 6.08 Å². The van der Waals surface area contributed by atoms with Crippen molar-refractivity contribution in [3.63, 3.8) is 0 Å². The molecule has 166 valence electrons. The van der Waals surface area contributed by atoms with Crippen LogP contribution in [0.4, 0.5) is 0 Å². The predicted octanol–water partition coefficient (Wildman–Crippen LogP) is 2.27. The Morgan fingerprint density at radius 3 is 2.41 bits per heavy atom. The lowest BCUT2D eigenvalue weighted by atomic mass is 10.0. The summed E-state index contributed by atoms with van der Waals surface area (Å²) in [5.41, 5.74) is 2.32. The molecular formula is C24H28N6O2. The van der Waals surface area contributed by atoms with Crippen molar-refractivity contribution in [1.29, 1.82) is 0 Å². The van der Waals surface area contributed by atoms with Crippen molar-refractivity contribution >= 4 is 12.0 Å². The van der Waals surface area contributed by atoms with Crippen LogP contribution in [0.5, 0.6) is 0 Å². The molecule has 1 aliphatic heterocycles. The Balaban J connectivity index is 1.45. The van der Waals surface area contributed by atoms with E-state index in [1.807, 2.05) is 24.3 Å². The number of carbonyl (C=O) groups is 1. The standard InChI is InChI=1S/C24H28N6O2/c1-32-22(31)19-30-24(25-26-27-30)23(21-12-6-3-7-13-21)29-17-15-28(16-18-29)14-8-11-20-9-4-2-5-10-20/h2-13,23H,14-19H2,1H3/b11-8+. The van der Waals surface area contributed by atoms with Crippen molar-refractivity contribution in [2.24, 2.45) is 0 Å². The summed E-state index contributed by atoms with van der Waals surface area (Å²) in [7, 11) is 1.37. The third kappa shape index (κ3) is 5.46. The van der Waals surface area contributed by atoms with E-state index in [1.54, 1.807) is 4.68 Å². The van der Waals surface area contributed by atoms with Gasteiger partial charge in [-0.2, -0.15) is 0 Å². The van der Waals surface area contributed by atoms with E-state index in [0.717, 1.165) is 38.3 Å². The van der Waals surface area contributed by atoms with Crippen LogP contribution in [0.3, 0.4) is 0 Å². The van der Waals surface area contributed by atoms with E-state index < -0.39 is 0 Å². The normalized spacial score (nSPS) is 16.3. The van der Waals surface area contributed by atoms with E-state index in [4.69, 9.17) is 4.74 Å². The molecule has 1 fully saturated rings. The molecule has 4 rings (SSSR count). The minimum Gasteiger partial charge on any atom is -0.468 e. The van der Waals surface area contributed by atoms with Gasteiger partial charge in [0, 0.05) is 32.7 Å². The summed E-state index contributed by atoms with van der Waals surface area (Å²) in [4.78, 5) is 16.7. The summed E-state index contributed by atoms with van der Waals surface area (Å²) < 4.78 is 6.35. The molecule has 8 heteroatoms. The Hall–Kier alpha value is -3.36. The Labute approximate surface area is 188 Å². The van der Waals surface area contributed by atoms with Crippen molar-refractivity contribution in [1.82, 2.24) is 30.0 Å². The van der Waals surface area contributed by atoms with E-state index in [0.29, 0.717) is 5.82 Å². The quantitative estimate of drug-likeness (QED) is 0.506. The molecule has 1 atom stereocenters. The van der Waals surface area contributed by atoms with Crippen molar-refractivity contribution < 1.29 is 9.53 Å². The van der Waals surface area contributed by atoms with Gasteiger partial charge in [0.15, 0.2) is 5.82 Å². The summed E-state index contributed by atoms with van der Waals surface area (Å²) in [6.07, 6.45) is 4.39. The first-order chi connectivity index (χ1) is 15.7. The van der Waals surface area contributed by atoms with Gasteiger partial charge in [0.25, 0.3) is 0 Å². The molecule has 3 aromatic rings. The number of aromatic nitrogens is 4. The summed E-state index contributed by atoms with van der Waals surface area (Å²) >= 11 is 0. The molecular weight excluding hydrogens is 404 g/mol. The predicted molar refractivity (Wildman–Crippen MR) is 122 cm³/mol. The first-order valence-corrected chi connectivity index (χ1v) is 10.8. The zero-order valence-electron chi connectivity index (χ0n) is 18.2. The molecule has 0 saturated carbocycles. The molecule has 1 saturated heterocycles. The van der Waals surface area contributed by atoms with E-state index in [-0.39, 0.29) is 18.6 Å². The summed E-state index contributed by atoms with van der Waals surface area (Å²) in [5, 5.41) is 12.2. The van der Waals surface area contributed by atoms with Crippen LogP contribution in [0.15, 0.2) is 66.7 Å². The first-order valence-electron chi connectivity index (χ1n) is 10.8. The lowest BCUT2D eigenvalue weighted by Crippen LogP contribution is -2.48. The fraction of sp³-hybridized carbons (Fsp3) is 0.333. The van der Waals surface area contributed by atoms with Gasteiger partial charge in [-0.3, -0.25) is 14.6 Å². The van der Waals surface area contributed by atoms with Gasteiger partial charge >= 0.3 is 5.97 Å². The SMILES string of the molecule is COC(=O)Cn1nnnc1C(c1ccccc1)N1CCN(C/C=C/c2ccccc2)CC1. The molecule has 0 aliphatic carbocycles. The number of piperazine rings is 1. The molecule has 0 bridgehead atoms. The van der Waals surface area contributed by atoms with Crippen LogP contribution < -0.4 is 0 Å². The number of carbonyl (C=O) groups excluding carboxylic acids is 1. The Morgan fingerprint density at radius 2 is 1.72 bits per heavy atom. The fourth-order valence-electron chi connectivity index (χ4n) is 3.97. The molecule has 0 N–H and O–H groups in total. The van der Waals surface area contributed by atoms with Crippen LogP contribution in [0.1, 0.15) is 23.0 Å². The van der Waals surface area contributed by atoms with Crippen LogP contribution in [-0.2, 0) is 16.1 Å². The second-order valence-corrected chi connectivity index (χ2v) is 7.73. The van der Waals surface area contributed by atoms with E-state index in [2.05, 4.69) is 73.9 Å². The van der Waals surface area contributed by atoms with Gasteiger partial charge in [-0.25, -0.2) is 4.68 Å². The maximum Gasteiger partial charge on any atom is 0.327 e. The minimum absolute atomic E-state index is 0.00753. The third-order valence-corrected chi connectivity index (χ3v) is 5.67. The van der Waals surface area contributed by atoms with Gasteiger partial charge in [0.1, 0.15) is 6.54 Å². The lowest BCUT2D eigenvalue weighted by Gasteiger charge is -2.38. The summed E-state index contributed by atoms with van der Waals surface area (Å²) in [6, 6.07) is 20.4. The molecule has 0 amide bonds. The topological polar surface area (TPSA) is 76.4 Å². The maximum atomic E-state index is 11.8. The fourth-order valence-corrected chi connectivity index (χ4v) is 3.97. The van der Waals surface area contributed by atoms with Gasteiger partial charge < -0.3 is 4.74 Å². The molecule has 0 spiro atoms. The van der Waals surface area contributed by atoms with Gasteiger partial charge in [0.2, 0.25) is 0 Å². The Bertz CT molecular complexity index is 1010. The largest absolute Gasteiger partial charge is 0.468 e. The van der Waals surface area contributed by atoms with Gasteiger partial charge in [-0.1, -0.05) is 72.8 Å². The van der Waals surface area contributed by atoms with E-state index in [1.165, 1.54) is 12.7 Å². The van der Waals surface area contributed by atoms with Crippen LogP contribution in [0, 0.1) is 0 Å². The maximum absolute atomic E-state index is 11.8.